The number of rotatable bonds is 8. The normalized spacial score (nSPS) is 11.7. The molecule has 0 heterocycles. The molecule has 2 aromatic rings. The molecule has 0 aromatic heterocycles. The van der Waals surface area contributed by atoms with Gasteiger partial charge in [0.15, 0.2) is 12.6 Å². The molecule has 3 N–H and O–H groups in total. The van der Waals surface area contributed by atoms with Crippen LogP contribution in [0.5, 0.6) is 5.75 Å². The van der Waals surface area contributed by atoms with Crippen LogP contribution < -0.4 is 20.7 Å². The number of aliphatic imine (C=N–C) groups is 1. The summed E-state index contributed by atoms with van der Waals surface area (Å²) in [5.41, 5.74) is 2.31. The molecule has 30 heavy (non-hydrogen) atoms. The number of halogens is 3. The van der Waals surface area contributed by atoms with Gasteiger partial charge in [-0.2, -0.15) is 13.2 Å². The molecule has 6 nitrogen and oxygen atoms in total. The molecule has 9 heteroatoms. The number of amides is 1. The highest BCUT2D eigenvalue weighted by Gasteiger charge is 2.28. The minimum absolute atomic E-state index is 0.00215. The molecule has 0 fully saturated rings. The molecule has 162 valence electrons. The number of aryl methyl sites for hydroxylation is 1. The van der Waals surface area contributed by atoms with E-state index in [2.05, 4.69) is 20.9 Å². The van der Waals surface area contributed by atoms with Crippen LogP contribution in [0.4, 0.5) is 13.2 Å². The fourth-order valence-corrected chi connectivity index (χ4v) is 2.52. The van der Waals surface area contributed by atoms with Gasteiger partial charge in [0, 0.05) is 25.7 Å². The first-order valence-corrected chi connectivity index (χ1v) is 9.31. The van der Waals surface area contributed by atoms with Crippen molar-refractivity contribution in [1.82, 2.24) is 16.0 Å². The Hall–Kier alpha value is -3.23. The number of guanidine groups is 1. The Kier molecular flexibility index (Phi) is 8.52. The topological polar surface area (TPSA) is 74.8 Å². The van der Waals surface area contributed by atoms with Gasteiger partial charge in [-0.25, -0.2) is 0 Å². The van der Waals surface area contributed by atoms with E-state index in [1.807, 2.05) is 30.3 Å². The number of benzene rings is 2. The van der Waals surface area contributed by atoms with E-state index < -0.39 is 12.8 Å². The molecule has 2 rings (SSSR count). The van der Waals surface area contributed by atoms with Gasteiger partial charge in [-0.1, -0.05) is 42.5 Å². The van der Waals surface area contributed by atoms with Crippen molar-refractivity contribution in [1.29, 1.82) is 0 Å². The van der Waals surface area contributed by atoms with E-state index in [9.17, 15) is 18.0 Å². The summed E-state index contributed by atoms with van der Waals surface area (Å²) in [4.78, 5) is 16.0. The molecule has 0 aliphatic rings. The zero-order valence-corrected chi connectivity index (χ0v) is 16.8. The third-order valence-electron chi connectivity index (χ3n) is 4.03. The first-order chi connectivity index (χ1) is 14.3. The van der Waals surface area contributed by atoms with E-state index in [0.29, 0.717) is 18.1 Å². The van der Waals surface area contributed by atoms with Gasteiger partial charge in [0.1, 0.15) is 5.75 Å². The summed E-state index contributed by atoms with van der Waals surface area (Å²) in [6, 6.07) is 14.5. The van der Waals surface area contributed by atoms with Crippen LogP contribution in [0.1, 0.15) is 16.7 Å². The van der Waals surface area contributed by atoms with E-state index in [0.717, 1.165) is 11.1 Å². The Morgan fingerprint density at radius 1 is 1.03 bits per heavy atom. The number of carbonyl (C=O) groups excluding carboxylic acids is 1. The van der Waals surface area contributed by atoms with Crippen LogP contribution in [0.3, 0.4) is 0 Å². The first-order valence-electron chi connectivity index (χ1n) is 9.31. The van der Waals surface area contributed by atoms with Gasteiger partial charge in [0.05, 0.1) is 6.54 Å². The lowest BCUT2D eigenvalue weighted by Crippen LogP contribution is -2.42. The van der Waals surface area contributed by atoms with Crippen LogP contribution in [0.25, 0.3) is 0 Å². The minimum Gasteiger partial charge on any atom is -0.484 e. The van der Waals surface area contributed by atoms with E-state index in [1.165, 1.54) is 7.05 Å². The van der Waals surface area contributed by atoms with Crippen molar-refractivity contribution in [2.45, 2.75) is 26.2 Å². The summed E-state index contributed by atoms with van der Waals surface area (Å²) in [5, 5.41) is 8.63. The Labute approximate surface area is 173 Å². The maximum Gasteiger partial charge on any atom is 0.422 e. The van der Waals surface area contributed by atoms with Crippen molar-refractivity contribution in [3.63, 3.8) is 0 Å². The van der Waals surface area contributed by atoms with Gasteiger partial charge >= 0.3 is 6.18 Å². The molecule has 0 atom stereocenters. The summed E-state index contributed by atoms with van der Waals surface area (Å²) in [5.74, 6) is 0.273. The lowest BCUT2D eigenvalue weighted by molar-refractivity contribution is -0.153. The molecule has 2 aromatic carbocycles. The Morgan fingerprint density at radius 2 is 1.77 bits per heavy atom. The second kappa shape index (κ2) is 11.1. The lowest BCUT2D eigenvalue weighted by Gasteiger charge is -2.16. The number of alkyl halides is 3. The number of nitrogens with one attached hydrogen (secondary N) is 3. The van der Waals surface area contributed by atoms with Crippen LogP contribution in [-0.4, -0.2) is 38.2 Å². The molecular formula is C21H25F3N4O2. The number of hydrogen-bond acceptors (Lipinski definition) is 3. The summed E-state index contributed by atoms with van der Waals surface area (Å²) >= 11 is 0. The highest BCUT2D eigenvalue weighted by Crippen LogP contribution is 2.23. The molecule has 0 saturated heterocycles. The maximum absolute atomic E-state index is 12.5. The summed E-state index contributed by atoms with van der Waals surface area (Å²) < 4.78 is 42.4. The molecule has 1 amide bonds. The quantitative estimate of drug-likeness (QED) is 0.452. The van der Waals surface area contributed by atoms with E-state index in [1.54, 1.807) is 25.1 Å². The van der Waals surface area contributed by atoms with Gasteiger partial charge in [0.2, 0.25) is 5.91 Å². The van der Waals surface area contributed by atoms with Crippen LogP contribution >= 0.6 is 0 Å². The van der Waals surface area contributed by atoms with Crippen molar-refractivity contribution < 1.29 is 22.7 Å². The van der Waals surface area contributed by atoms with Gasteiger partial charge in [-0.05, 0) is 24.1 Å². The zero-order chi connectivity index (χ0) is 22.0. The lowest BCUT2D eigenvalue weighted by atomic mass is 10.1. The van der Waals surface area contributed by atoms with E-state index in [4.69, 9.17) is 4.74 Å². The van der Waals surface area contributed by atoms with E-state index in [-0.39, 0.29) is 24.7 Å². The van der Waals surface area contributed by atoms with Gasteiger partial charge < -0.3 is 20.7 Å². The van der Waals surface area contributed by atoms with Crippen molar-refractivity contribution in [2.24, 2.45) is 4.99 Å². The molecule has 0 bridgehead atoms. The second-order valence-corrected chi connectivity index (χ2v) is 6.56. The van der Waals surface area contributed by atoms with E-state index >= 15 is 0 Å². The Bertz CT molecular complexity index is 855. The highest BCUT2D eigenvalue weighted by molar-refractivity contribution is 5.86. The molecular weight excluding hydrogens is 397 g/mol. The molecule has 0 unspecified atom stereocenters. The smallest absolute Gasteiger partial charge is 0.422 e. The first kappa shape index (κ1) is 23.1. The van der Waals surface area contributed by atoms with Gasteiger partial charge in [-0.15, -0.1) is 0 Å². The number of hydrogen-bond donors (Lipinski definition) is 3. The molecule has 0 aliphatic heterocycles. The average molecular weight is 422 g/mol. The molecule has 0 aliphatic carbocycles. The number of nitrogens with zero attached hydrogens (tertiary/aromatic N) is 1. The minimum atomic E-state index is -4.42. The second-order valence-electron chi connectivity index (χ2n) is 6.56. The zero-order valence-electron chi connectivity index (χ0n) is 16.8. The van der Waals surface area contributed by atoms with Crippen LogP contribution in [0, 0.1) is 6.92 Å². The standard InChI is InChI=1S/C21H25F3N4O2/c1-15-8-9-17(18(10-15)30-14-21(22,23)24)12-27-20(25-2)28-13-19(29)26-11-16-6-4-3-5-7-16/h3-10H,11-14H2,1-2H3,(H,26,29)(H2,25,27,28). The Balaban J connectivity index is 1.84. The SMILES string of the molecule is CN=C(NCC(=O)NCc1ccccc1)NCc1ccc(C)cc1OCC(F)(F)F. The van der Waals surface area contributed by atoms with Gasteiger partial charge in [-0.3, -0.25) is 9.79 Å². The third kappa shape index (κ3) is 8.42. The number of carbonyl (C=O) groups is 1. The summed E-state index contributed by atoms with van der Waals surface area (Å²) in [6.07, 6.45) is -4.42. The van der Waals surface area contributed by atoms with Crippen molar-refractivity contribution in [2.75, 3.05) is 20.2 Å². The predicted octanol–water partition coefficient (Wildman–Crippen LogP) is 2.92. The largest absolute Gasteiger partial charge is 0.484 e. The molecule has 0 radical (unpaired) electrons. The summed E-state index contributed by atoms with van der Waals surface area (Å²) in [7, 11) is 1.54. The third-order valence-corrected chi connectivity index (χ3v) is 4.03. The predicted molar refractivity (Wildman–Crippen MR) is 109 cm³/mol. The van der Waals surface area contributed by atoms with Gasteiger partial charge in [0.25, 0.3) is 0 Å². The molecule has 0 saturated carbocycles. The monoisotopic (exact) mass is 422 g/mol. The fraction of sp³-hybridized carbons (Fsp3) is 0.333. The number of ether oxygens (including phenoxy) is 1. The average Bonchev–Trinajstić information content (AvgIpc) is 2.72. The van der Waals surface area contributed by atoms with Crippen LogP contribution in [0.15, 0.2) is 53.5 Å². The fourth-order valence-electron chi connectivity index (χ4n) is 2.52. The van der Waals surface area contributed by atoms with Crippen molar-refractivity contribution in [3.05, 3.63) is 65.2 Å². The summed E-state index contributed by atoms with van der Waals surface area (Å²) in [6.45, 7) is 0.998. The van der Waals surface area contributed by atoms with Crippen LogP contribution in [0.2, 0.25) is 0 Å². The van der Waals surface area contributed by atoms with Crippen molar-refractivity contribution in [3.8, 4) is 5.75 Å². The Morgan fingerprint density at radius 3 is 2.43 bits per heavy atom. The van der Waals surface area contributed by atoms with Crippen LogP contribution in [-0.2, 0) is 17.9 Å². The maximum atomic E-state index is 12.5. The highest BCUT2D eigenvalue weighted by atomic mass is 19.4. The van der Waals surface area contributed by atoms with Crippen molar-refractivity contribution >= 4 is 11.9 Å². The molecule has 0 spiro atoms.